The molecule has 0 saturated heterocycles. The van der Waals surface area contributed by atoms with E-state index in [9.17, 15) is 8.78 Å². The van der Waals surface area contributed by atoms with Gasteiger partial charge in [0.2, 0.25) is 0 Å². The van der Waals surface area contributed by atoms with Gasteiger partial charge in [-0.1, -0.05) is 23.7 Å². The third-order valence-corrected chi connectivity index (χ3v) is 3.71. The van der Waals surface area contributed by atoms with Crippen molar-refractivity contribution in [2.45, 2.75) is 6.54 Å². The van der Waals surface area contributed by atoms with E-state index in [-0.39, 0.29) is 10.8 Å². The lowest BCUT2D eigenvalue weighted by atomic mass is 10.2. The number of hydrogen-bond acceptors (Lipinski definition) is 2. The SMILES string of the molecule is Fc1ccc(NC(=S)Nc2cccc(Cn3cc(Cl)cn3)c2)c(F)c1. The maximum absolute atomic E-state index is 13.6. The van der Waals surface area contributed by atoms with Gasteiger partial charge in [-0.15, -0.1) is 0 Å². The molecule has 3 aromatic rings. The van der Waals surface area contributed by atoms with E-state index in [1.165, 1.54) is 6.07 Å². The second-order valence-corrected chi connectivity index (χ2v) is 6.10. The summed E-state index contributed by atoms with van der Waals surface area (Å²) in [5.41, 5.74) is 1.82. The fourth-order valence-electron chi connectivity index (χ4n) is 2.23. The number of nitrogens with one attached hydrogen (secondary N) is 2. The van der Waals surface area contributed by atoms with E-state index < -0.39 is 11.6 Å². The van der Waals surface area contributed by atoms with Crippen molar-refractivity contribution in [3.8, 4) is 0 Å². The molecule has 0 saturated carbocycles. The number of rotatable bonds is 4. The van der Waals surface area contributed by atoms with Gasteiger partial charge >= 0.3 is 0 Å². The molecule has 0 unspecified atom stereocenters. The first-order chi connectivity index (χ1) is 12.0. The van der Waals surface area contributed by atoms with Crippen LogP contribution in [-0.4, -0.2) is 14.9 Å². The van der Waals surface area contributed by atoms with Crippen molar-refractivity contribution in [1.82, 2.24) is 9.78 Å². The normalized spacial score (nSPS) is 10.5. The van der Waals surface area contributed by atoms with Gasteiger partial charge in [-0.3, -0.25) is 4.68 Å². The van der Waals surface area contributed by atoms with Crippen LogP contribution >= 0.6 is 23.8 Å². The van der Waals surface area contributed by atoms with Crippen molar-refractivity contribution in [1.29, 1.82) is 0 Å². The van der Waals surface area contributed by atoms with Crippen molar-refractivity contribution >= 4 is 40.3 Å². The Hall–Kier alpha value is -2.51. The summed E-state index contributed by atoms with van der Waals surface area (Å²) in [7, 11) is 0. The van der Waals surface area contributed by atoms with Crippen LogP contribution < -0.4 is 10.6 Å². The Kier molecular flexibility index (Phi) is 5.25. The first-order valence-electron chi connectivity index (χ1n) is 7.29. The Balaban J connectivity index is 1.66. The van der Waals surface area contributed by atoms with Crippen LogP contribution in [0.2, 0.25) is 5.02 Å². The summed E-state index contributed by atoms with van der Waals surface area (Å²) >= 11 is 11.0. The lowest BCUT2D eigenvalue weighted by molar-refractivity contribution is 0.586. The Morgan fingerprint density at radius 2 is 2.00 bits per heavy atom. The van der Waals surface area contributed by atoms with Crippen LogP contribution in [0.4, 0.5) is 20.2 Å². The molecule has 0 aliphatic rings. The Labute approximate surface area is 153 Å². The van der Waals surface area contributed by atoms with Gasteiger partial charge in [0.05, 0.1) is 23.5 Å². The Morgan fingerprint density at radius 3 is 2.72 bits per heavy atom. The van der Waals surface area contributed by atoms with E-state index in [0.717, 1.165) is 23.4 Å². The summed E-state index contributed by atoms with van der Waals surface area (Å²) in [4.78, 5) is 0. The smallest absolute Gasteiger partial charge is 0.175 e. The minimum atomic E-state index is -0.714. The number of thiocarbonyl (C=S) groups is 1. The molecular formula is C17H13ClF2N4S. The van der Waals surface area contributed by atoms with Crippen molar-refractivity contribution in [3.63, 3.8) is 0 Å². The second-order valence-electron chi connectivity index (χ2n) is 5.26. The molecule has 0 fully saturated rings. The van der Waals surface area contributed by atoms with Crippen molar-refractivity contribution < 1.29 is 8.78 Å². The van der Waals surface area contributed by atoms with E-state index in [2.05, 4.69) is 15.7 Å². The quantitative estimate of drug-likeness (QED) is 0.647. The molecule has 0 bridgehead atoms. The van der Waals surface area contributed by atoms with E-state index >= 15 is 0 Å². The maximum atomic E-state index is 13.6. The van der Waals surface area contributed by atoms with Gasteiger partial charge in [-0.05, 0) is 42.0 Å². The first kappa shape index (κ1) is 17.3. The molecular weight excluding hydrogens is 366 g/mol. The Bertz CT molecular complexity index is 913. The summed E-state index contributed by atoms with van der Waals surface area (Å²) in [5.74, 6) is -1.36. The third-order valence-electron chi connectivity index (χ3n) is 3.31. The summed E-state index contributed by atoms with van der Waals surface area (Å²) in [6, 6.07) is 10.8. The van der Waals surface area contributed by atoms with Crippen LogP contribution in [0.1, 0.15) is 5.56 Å². The van der Waals surface area contributed by atoms with E-state index in [0.29, 0.717) is 11.6 Å². The molecule has 0 aliphatic heterocycles. The van der Waals surface area contributed by atoms with Gasteiger partial charge in [-0.2, -0.15) is 5.10 Å². The van der Waals surface area contributed by atoms with Crippen LogP contribution in [-0.2, 0) is 6.54 Å². The van der Waals surface area contributed by atoms with Gasteiger partial charge in [0.15, 0.2) is 5.11 Å². The van der Waals surface area contributed by atoms with Crippen molar-refractivity contribution in [2.75, 3.05) is 10.6 Å². The molecule has 0 amide bonds. The summed E-state index contributed by atoms with van der Waals surface area (Å²) in [5, 5.41) is 10.6. The predicted octanol–water partition coefficient (Wildman–Crippen LogP) is 4.67. The number of anilines is 2. The molecule has 1 heterocycles. The number of benzene rings is 2. The summed E-state index contributed by atoms with van der Waals surface area (Å²) in [6.45, 7) is 0.551. The molecule has 8 heteroatoms. The second kappa shape index (κ2) is 7.58. The highest BCUT2D eigenvalue weighted by atomic mass is 35.5. The lowest BCUT2D eigenvalue weighted by Gasteiger charge is -2.12. The fraction of sp³-hybridized carbons (Fsp3) is 0.0588. The highest BCUT2D eigenvalue weighted by Crippen LogP contribution is 2.17. The highest BCUT2D eigenvalue weighted by Gasteiger charge is 2.06. The zero-order valence-electron chi connectivity index (χ0n) is 12.8. The van der Waals surface area contributed by atoms with Crippen LogP contribution in [0.3, 0.4) is 0 Å². The number of aromatic nitrogens is 2. The summed E-state index contributed by atoms with van der Waals surface area (Å²) < 4.78 is 28.3. The van der Waals surface area contributed by atoms with Crippen LogP contribution in [0.25, 0.3) is 0 Å². The van der Waals surface area contributed by atoms with Gasteiger partial charge in [0.1, 0.15) is 11.6 Å². The van der Waals surface area contributed by atoms with Crippen LogP contribution in [0.15, 0.2) is 54.9 Å². The molecule has 0 aliphatic carbocycles. The molecule has 3 rings (SSSR count). The van der Waals surface area contributed by atoms with Gasteiger partial charge < -0.3 is 10.6 Å². The zero-order valence-corrected chi connectivity index (χ0v) is 14.4. The number of nitrogens with zero attached hydrogens (tertiary/aromatic N) is 2. The average Bonchev–Trinajstić information content (AvgIpc) is 2.95. The minimum Gasteiger partial charge on any atom is -0.332 e. The molecule has 4 nitrogen and oxygen atoms in total. The van der Waals surface area contributed by atoms with E-state index in [1.54, 1.807) is 17.1 Å². The first-order valence-corrected chi connectivity index (χ1v) is 8.08. The highest BCUT2D eigenvalue weighted by molar-refractivity contribution is 7.80. The van der Waals surface area contributed by atoms with Crippen LogP contribution in [0, 0.1) is 11.6 Å². The average molecular weight is 379 g/mol. The molecule has 2 N–H and O–H groups in total. The van der Waals surface area contributed by atoms with E-state index in [4.69, 9.17) is 23.8 Å². The monoisotopic (exact) mass is 378 g/mol. The standard InChI is InChI=1S/C17H13ClF2N4S/c18-12-8-21-24(10-12)9-11-2-1-3-14(6-11)22-17(25)23-16-5-4-13(19)7-15(16)20/h1-8,10H,9H2,(H2,22,23,25). The molecule has 0 atom stereocenters. The third kappa shape index (κ3) is 4.74. The molecule has 2 aromatic carbocycles. The van der Waals surface area contributed by atoms with Gasteiger partial charge in [0.25, 0.3) is 0 Å². The van der Waals surface area contributed by atoms with Gasteiger partial charge in [-0.25, -0.2) is 8.78 Å². The van der Waals surface area contributed by atoms with E-state index in [1.807, 2.05) is 24.3 Å². The predicted molar refractivity (Wildman–Crippen MR) is 99.0 cm³/mol. The molecule has 1 aromatic heterocycles. The Morgan fingerprint density at radius 1 is 1.16 bits per heavy atom. The number of hydrogen-bond donors (Lipinski definition) is 2. The topological polar surface area (TPSA) is 41.9 Å². The van der Waals surface area contributed by atoms with Crippen LogP contribution in [0.5, 0.6) is 0 Å². The number of halogens is 3. The van der Waals surface area contributed by atoms with Crippen molar-refractivity contribution in [2.24, 2.45) is 0 Å². The molecule has 25 heavy (non-hydrogen) atoms. The molecule has 128 valence electrons. The zero-order chi connectivity index (χ0) is 17.8. The summed E-state index contributed by atoms with van der Waals surface area (Å²) in [6.07, 6.45) is 3.30. The van der Waals surface area contributed by atoms with Gasteiger partial charge in [0, 0.05) is 18.0 Å². The maximum Gasteiger partial charge on any atom is 0.175 e. The molecule has 0 radical (unpaired) electrons. The molecule has 0 spiro atoms. The van der Waals surface area contributed by atoms with Crippen molar-refractivity contribution in [3.05, 3.63) is 77.1 Å². The fourth-order valence-corrected chi connectivity index (χ4v) is 2.62. The largest absolute Gasteiger partial charge is 0.332 e. The lowest BCUT2D eigenvalue weighted by Crippen LogP contribution is -2.20. The minimum absolute atomic E-state index is 0.0984.